The average molecular weight is 199 g/mol. The van der Waals surface area contributed by atoms with Gasteiger partial charge in [-0.1, -0.05) is 0 Å². The van der Waals surface area contributed by atoms with Crippen LogP contribution in [-0.2, 0) is 4.74 Å². The van der Waals surface area contributed by atoms with Crippen LogP contribution in [0.5, 0.6) is 5.75 Å². The zero-order valence-electron chi connectivity index (χ0n) is 8.13. The van der Waals surface area contributed by atoms with Gasteiger partial charge in [-0.2, -0.15) is 0 Å². The minimum absolute atomic E-state index is 0.356. The first-order chi connectivity index (χ1) is 6.74. The van der Waals surface area contributed by atoms with E-state index in [-0.39, 0.29) is 5.82 Å². The number of halogens is 1. The Balaban J connectivity index is 2.45. The molecule has 0 bridgehead atoms. The van der Waals surface area contributed by atoms with Gasteiger partial charge in [0.05, 0.1) is 12.3 Å². The van der Waals surface area contributed by atoms with Crippen molar-refractivity contribution >= 4 is 5.69 Å². The van der Waals surface area contributed by atoms with E-state index in [4.69, 9.17) is 15.2 Å². The van der Waals surface area contributed by atoms with Crippen LogP contribution in [0.3, 0.4) is 0 Å². The molecule has 78 valence electrons. The average Bonchev–Trinajstić information content (AvgIpc) is 2.18. The molecule has 0 aliphatic heterocycles. The number of hydrogen-bond donors (Lipinski definition) is 1. The molecule has 1 aromatic rings. The number of benzene rings is 1. The molecule has 0 unspecified atom stereocenters. The molecule has 0 aliphatic rings. The summed E-state index contributed by atoms with van der Waals surface area (Å²) in [7, 11) is 0. The van der Waals surface area contributed by atoms with Gasteiger partial charge in [0.2, 0.25) is 0 Å². The van der Waals surface area contributed by atoms with E-state index < -0.39 is 0 Å². The Morgan fingerprint density at radius 1 is 1.36 bits per heavy atom. The van der Waals surface area contributed by atoms with Crippen molar-refractivity contribution in [2.45, 2.75) is 6.92 Å². The highest BCUT2D eigenvalue weighted by Crippen LogP contribution is 2.21. The minimum atomic E-state index is -0.356. The maximum Gasteiger partial charge on any atom is 0.145 e. The third-order valence-corrected chi connectivity index (χ3v) is 1.66. The van der Waals surface area contributed by atoms with E-state index in [9.17, 15) is 4.39 Å². The Bertz CT molecular complexity index is 291. The lowest BCUT2D eigenvalue weighted by molar-refractivity contribution is 0.110. The largest absolute Gasteiger partial charge is 0.489 e. The van der Waals surface area contributed by atoms with Crippen LogP contribution < -0.4 is 10.5 Å². The highest BCUT2D eigenvalue weighted by molar-refractivity contribution is 5.52. The Hall–Kier alpha value is -1.29. The summed E-state index contributed by atoms with van der Waals surface area (Å²) < 4.78 is 23.1. The van der Waals surface area contributed by atoms with Gasteiger partial charge in [-0.3, -0.25) is 0 Å². The van der Waals surface area contributed by atoms with Crippen molar-refractivity contribution in [2.24, 2.45) is 0 Å². The van der Waals surface area contributed by atoms with Crippen LogP contribution in [0.2, 0.25) is 0 Å². The van der Waals surface area contributed by atoms with E-state index in [1.165, 1.54) is 18.2 Å². The lowest BCUT2D eigenvalue weighted by Crippen LogP contribution is -2.07. The maximum atomic E-state index is 12.8. The minimum Gasteiger partial charge on any atom is -0.489 e. The molecule has 2 N–H and O–H groups in total. The monoisotopic (exact) mass is 199 g/mol. The van der Waals surface area contributed by atoms with Gasteiger partial charge in [-0.05, 0) is 19.1 Å². The standard InChI is InChI=1S/C10H14FNO2/c1-2-13-5-6-14-10-7-8(11)3-4-9(10)12/h3-4,7H,2,5-6,12H2,1H3. The molecule has 0 fully saturated rings. The molecule has 1 aromatic carbocycles. The summed E-state index contributed by atoms with van der Waals surface area (Å²) in [5, 5.41) is 0. The molecule has 0 aliphatic carbocycles. The van der Waals surface area contributed by atoms with Crippen molar-refractivity contribution in [3.8, 4) is 5.75 Å². The van der Waals surface area contributed by atoms with Gasteiger partial charge >= 0.3 is 0 Å². The Morgan fingerprint density at radius 3 is 2.86 bits per heavy atom. The van der Waals surface area contributed by atoms with Crippen LogP contribution in [0.15, 0.2) is 18.2 Å². The van der Waals surface area contributed by atoms with E-state index in [1.807, 2.05) is 6.92 Å². The predicted molar refractivity (Wildman–Crippen MR) is 52.8 cm³/mol. The van der Waals surface area contributed by atoms with Crippen molar-refractivity contribution in [3.63, 3.8) is 0 Å². The lowest BCUT2D eigenvalue weighted by atomic mass is 10.3. The molecule has 4 heteroatoms. The fourth-order valence-electron chi connectivity index (χ4n) is 0.988. The van der Waals surface area contributed by atoms with E-state index in [0.29, 0.717) is 31.3 Å². The molecule has 0 heterocycles. The van der Waals surface area contributed by atoms with Gasteiger partial charge in [-0.25, -0.2) is 4.39 Å². The van der Waals surface area contributed by atoms with Gasteiger partial charge < -0.3 is 15.2 Å². The number of nitrogen functional groups attached to an aromatic ring is 1. The summed E-state index contributed by atoms with van der Waals surface area (Å²) in [5.41, 5.74) is 6.00. The fraction of sp³-hybridized carbons (Fsp3) is 0.400. The van der Waals surface area contributed by atoms with Crippen molar-refractivity contribution in [1.82, 2.24) is 0 Å². The maximum absolute atomic E-state index is 12.8. The van der Waals surface area contributed by atoms with Crippen molar-refractivity contribution in [3.05, 3.63) is 24.0 Å². The summed E-state index contributed by atoms with van der Waals surface area (Å²) in [6.45, 7) is 3.40. The van der Waals surface area contributed by atoms with Crippen LogP contribution in [-0.4, -0.2) is 19.8 Å². The molecule has 1 rings (SSSR count). The summed E-state index contributed by atoms with van der Waals surface area (Å²) in [4.78, 5) is 0. The molecule has 0 saturated heterocycles. The van der Waals surface area contributed by atoms with Crippen molar-refractivity contribution in [1.29, 1.82) is 0 Å². The van der Waals surface area contributed by atoms with E-state index in [0.717, 1.165) is 0 Å². The molecular formula is C10H14FNO2. The topological polar surface area (TPSA) is 44.5 Å². The summed E-state index contributed by atoms with van der Waals surface area (Å²) in [6.07, 6.45) is 0. The fourth-order valence-corrected chi connectivity index (χ4v) is 0.988. The normalized spacial score (nSPS) is 10.1. The Labute approximate surface area is 82.6 Å². The van der Waals surface area contributed by atoms with Gasteiger partial charge in [0.25, 0.3) is 0 Å². The SMILES string of the molecule is CCOCCOc1cc(F)ccc1N. The quantitative estimate of drug-likeness (QED) is 0.581. The van der Waals surface area contributed by atoms with E-state index in [2.05, 4.69) is 0 Å². The van der Waals surface area contributed by atoms with E-state index in [1.54, 1.807) is 0 Å². The molecule has 0 aromatic heterocycles. The molecular weight excluding hydrogens is 185 g/mol. The van der Waals surface area contributed by atoms with Gasteiger partial charge in [0, 0.05) is 12.7 Å². The van der Waals surface area contributed by atoms with Crippen LogP contribution in [0.1, 0.15) is 6.92 Å². The Morgan fingerprint density at radius 2 is 2.14 bits per heavy atom. The van der Waals surface area contributed by atoms with Gasteiger partial charge in [0.15, 0.2) is 0 Å². The molecule has 0 amide bonds. The van der Waals surface area contributed by atoms with E-state index >= 15 is 0 Å². The number of nitrogens with two attached hydrogens (primary N) is 1. The Kier molecular flexibility index (Phi) is 4.19. The van der Waals surface area contributed by atoms with Gasteiger partial charge in [0.1, 0.15) is 18.2 Å². The van der Waals surface area contributed by atoms with Gasteiger partial charge in [-0.15, -0.1) is 0 Å². The first-order valence-corrected chi connectivity index (χ1v) is 4.49. The first-order valence-electron chi connectivity index (χ1n) is 4.49. The third-order valence-electron chi connectivity index (χ3n) is 1.66. The summed E-state index contributed by atoms with van der Waals surface area (Å²) in [5.74, 6) is 0.00955. The van der Waals surface area contributed by atoms with Crippen LogP contribution >= 0.6 is 0 Å². The molecule has 0 saturated carbocycles. The van der Waals surface area contributed by atoms with Crippen molar-refractivity contribution in [2.75, 3.05) is 25.6 Å². The second-order valence-corrected chi connectivity index (χ2v) is 2.73. The molecule has 3 nitrogen and oxygen atoms in total. The predicted octanol–water partition coefficient (Wildman–Crippen LogP) is 1.82. The molecule has 0 atom stereocenters. The van der Waals surface area contributed by atoms with Crippen LogP contribution in [0.25, 0.3) is 0 Å². The molecule has 14 heavy (non-hydrogen) atoms. The summed E-state index contributed by atoms with van der Waals surface area (Å²) >= 11 is 0. The van der Waals surface area contributed by atoms with Crippen LogP contribution in [0.4, 0.5) is 10.1 Å². The smallest absolute Gasteiger partial charge is 0.145 e. The number of anilines is 1. The molecule has 0 spiro atoms. The van der Waals surface area contributed by atoms with Crippen LogP contribution in [0, 0.1) is 5.82 Å². The first kappa shape index (κ1) is 10.8. The number of ether oxygens (including phenoxy) is 2. The third kappa shape index (κ3) is 3.22. The zero-order chi connectivity index (χ0) is 10.4. The number of hydrogen-bond acceptors (Lipinski definition) is 3. The highest BCUT2D eigenvalue weighted by atomic mass is 19.1. The second-order valence-electron chi connectivity index (χ2n) is 2.73. The molecule has 0 radical (unpaired) electrons. The number of rotatable bonds is 5. The second kappa shape index (κ2) is 5.44. The highest BCUT2D eigenvalue weighted by Gasteiger charge is 2.01. The van der Waals surface area contributed by atoms with Crippen molar-refractivity contribution < 1.29 is 13.9 Å². The zero-order valence-corrected chi connectivity index (χ0v) is 8.13. The lowest BCUT2D eigenvalue weighted by Gasteiger charge is -2.08. The summed E-state index contributed by atoms with van der Waals surface area (Å²) in [6, 6.07) is 4.04.